The Morgan fingerprint density at radius 2 is 1.67 bits per heavy atom. The van der Waals surface area contributed by atoms with E-state index in [-0.39, 0.29) is 18.2 Å². The van der Waals surface area contributed by atoms with Gasteiger partial charge >= 0.3 is 5.97 Å². The van der Waals surface area contributed by atoms with Crippen molar-refractivity contribution in [3.05, 3.63) is 77.9 Å². The lowest BCUT2D eigenvalue weighted by Gasteiger charge is -2.32. The summed E-state index contributed by atoms with van der Waals surface area (Å²) in [5, 5.41) is 0. The maximum absolute atomic E-state index is 11.4. The number of benzene rings is 2. The lowest BCUT2D eigenvalue weighted by Crippen LogP contribution is -2.29. The zero-order valence-electron chi connectivity index (χ0n) is 13.7. The Bertz CT molecular complexity index is 706. The zero-order valence-corrected chi connectivity index (χ0v) is 13.7. The Hall–Kier alpha value is -2.59. The minimum Gasteiger partial charge on any atom is -0.497 e. The van der Waals surface area contributed by atoms with E-state index in [1.807, 2.05) is 66.7 Å². The molecule has 4 nitrogen and oxygen atoms in total. The Kier molecular flexibility index (Phi) is 4.96. The van der Waals surface area contributed by atoms with Crippen LogP contribution in [0.15, 0.2) is 66.7 Å². The smallest absolute Gasteiger partial charge is 0.303 e. The molecule has 1 aliphatic rings. The minimum absolute atomic E-state index is 0.176. The normalized spacial score (nSPS) is 22.8. The van der Waals surface area contributed by atoms with E-state index < -0.39 is 6.10 Å². The van der Waals surface area contributed by atoms with Gasteiger partial charge in [0.15, 0.2) is 6.10 Å². The number of ether oxygens (including phenoxy) is 3. The maximum atomic E-state index is 11.4. The van der Waals surface area contributed by atoms with E-state index in [1.165, 1.54) is 6.92 Å². The standard InChI is InChI=1S/C20H20O4/c1-14(21)23-19-13-12-18(15-6-4-3-5-7-15)24-20(19)16-8-10-17(22-2)11-9-16/h3-13,18-20H,1-2H3/t18-,19-,20+/m0/s1. The third kappa shape index (κ3) is 3.66. The van der Waals surface area contributed by atoms with Gasteiger partial charge in [-0.15, -0.1) is 0 Å². The fourth-order valence-electron chi connectivity index (χ4n) is 2.78. The predicted octanol–water partition coefficient (Wildman–Crippen LogP) is 4.00. The van der Waals surface area contributed by atoms with Crippen LogP contribution in [0.4, 0.5) is 0 Å². The number of hydrogen-bond donors (Lipinski definition) is 0. The molecular formula is C20H20O4. The average Bonchev–Trinajstić information content (AvgIpc) is 2.62. The number of rotatable bonds is 4. The van der Waals surface area contributed by atoms with Crippen LogP contribution in [-0.2, 0) is 14.3 Å². The van der Waals surface area contributed by atoms with Crippen molar-refractivity contribution in [3.63, 3.8) is 0 Å². The second-order valence-electron chi connectivity index (χ2n) is 5.62. The first-order valence-corrected chi connectivity index (χ1v) is 7.87. The molecule has 0 radical (unpaired) electrons. The molecule has 2 aromatic rings. The van der Waals surface area contributed by atoms with Gasteiger partial charge in [-0.3, -0.25) is 4.79 Å². The summed E-state index contributed by atoms with van der Waals surface area (Å²) in [6.07, 6.45) is 2.84. The lowest BCUT2D eigenvalue weighted by molar-refractivity contribution is -0.155. The van der Waals surface area contributed by atoms with E-state index in [4.69, 9.17) is 14.2 Å². The third-order valence-corrected chi connectivity index (χ3v) is 3.94. The predicted molar refractivity (Wildman–Crippen MR) is 90.7 cm³/mol. The van der Waals surface area contributed by atoms with Crippen LogP contribution in [0.1, 0.15) is 30.3 Å². The van der Waals surface area contributed by atoms with E-state index >= 15 is 0 Å². The molecule has 3 rings (SSSR count). The minimum atomic E-state index is -0.448. The fraction of sp³-hybridized carbons (Fsp3) is 0.250. The van der Waals surface area contributed by atoms with E-state index in [1.54, 1.807) is 7.11 Å². The number of hydrogen-bond acceptors (Lipinski definition) is 4. The highest BCUT2D eigenvalue weighted by Gasteiger charge is 2.31. The van der Waals surface area contributed by atoms with Gasteiger partial charge in [0.05, 0.1) is 7.11 Å². The fourth-order valence-corrected chi connectivity index (χ4v) is 2.78. The van der Waals surface area contributed by atoms with Gasteiger partial charge in [0, 0.05) is 6.92 Å². The van der Waals surface area contributed by atoms with Crippen LogP contribution in [0, 0.1) is 0 Å². The van der Waals surface area contributed by atoms with E-state index in [0.717, 1.165) is 16.9 Å². The van der Waals surface area contributed by atoms with Crippen LogP contribution in [0.2, 0.25) is 0 Å². The first kappa shape index (κ1) is 16.3. The van der Waals surface area contributed by atoms with Crippen LogP contribution in [-0.4, -0.2) is 19.2 Å². The van der Waals surface area contributed by atoms with Gasteiger partial charge in [0.2, 0.25) is 0 Å². The highest BCUT2D eigenvalue weighted by Crippen LogP contribution is 2.36. The number of methoxy groups -OCH3 is 1. The summed E-state index contributed by atoms with van der Waals surface area (Å²) in [5.74, 6) is 0.443. The summed E-state index contributed by atoms with van der Waals surface area (Å²) in [6.45, 7) is 1.40. The Morgan fingerprint density at radius 3 is 2.29 bits per heavy atom. The van der Waals surface area contributed by atoms with Crippen LogP contribution >= 0.6 is 0 Å². The molecular weight excluding hydrogens is 304 g/mol. The van der Waals surface area contributed by atoms with Crippen LogP contribution in [0.25, 0.3) is 0 Å². The molecule has 0 aliphatic carbocycles. The SMILES string of the molecule is COc1ccc([C@H]2O[C@H](c3ccccc3)C=C[C@@H]2OC(C)=O)cc1. The van der Waals surface area contributed by atoms with E-state index in [0.29, 0.717) is 0 Å². The lowest BCUT2D eigenvalue weighted by atomic mass is 9.98. The second kappa shape index (κ2) is 7.32. The quantitative estimate of drug-likeness (QED) is 0.630. The summed E-state index contributed by atoms with van der Waals surface area (Å²) < 4.78 is 16.9. The summed E-state index contributed by atoms with van der Waals surface area (Å²) in [5.41, 5.74) is 2.00. The van der Waals surface area contributed by atoms with Gasteiger partial charge in [0.25, 0.3) is 0 Å². The second-order valence-corrected chi connectivity index (χ2v) is 5.62. The number of carbonyl (C=O) groups excluding carboxylic acids is 1. The maximum Gasteiger partial charge on any atom is 0.303 e. The van der Waals surface area contributed by atoms with Crippen LogP contribution < -0.4 is 4.74 Å². The van der Waals surface area contributed by atoms with Crippen LogP contribution in [0.5, 0.6) is 5.75 Å². The molecule has 1 heterocycles. The van der Waals surface area contributed by atoms with Gasteiger partial charge in [-0.05, 0) is 29.3 Å². The van der Waals surface area contributed by atoms with Crippen molar-refractivity contribution >= 4 is 5.97 Å². The molecule has 2 aromatic carbocycles. The molecule has 4 heteroatoms. The monoisotopic (exact) mass is 324 g/mol. The molecule has 0 spiro atoms. The average molecular weight is 324 g/mol. The van der Waals surface area contributed by atoms with Crippen molar-refractivity contribution in [2.75, 3.05) is 7.11 Å². The zero-order chi connectivity index (χ0) is 16.9. The molecule has 0 bridgehead atoms. The third-order valence-electron chi connectivity index (χ3n) is 3.94. The largest absolute Gasteiger partial charge is 0.497 e. The Labute approximate surface area is 141 Å². The molecule has 0 aromatic heterocycles. The van der Waals surface area contributed by atoms with Crippen molar-refractivity contribution in [3.8, 4) is 5.75 Å². The van der Waals surface area contributed by atoms with Gasteiger partial charge in [-0.25, -0.2) is 0 Å². The first-order valence-electron chi connectivity index (χ1n) is 7.87. The topological polar surface area (TPSA) is 44.8 Å². The van der Waals surface area contributed by atoms with Crippen molar-refractivity contribution in [1.82, 2.24) is 0 Å². The summed E-state index contributed by atoms with van der Waals surface area (Å²) >= 11 is 0. The summed E-state index contributed by atoms with van der Waals surface area (Å²) in [7, 11) is 1.63. The number of esters is 1. The first-order chi connectivity index (χ1) is 11.7. The molecule has 0 fully saturated rings. The molecule has 0 saturated carbocycles. The molecule has 124 valence electrons. The Morgan fingerprint density at radius 1 is 0.958 bits per heavy atom. The molecule has 0 amide bonds. The highest BCUT2D eigenvalue weighted by atomic mass is 16.6. The molecule has 3 atom stereocenters. The highest BCUT2D eigenvalue weighted by molar-refractivity contribution is 5.66. The molecule has 0 saturated heterocycles. The van der Waals surface area contributed by atoms with Crippen LogP contribution in [0.3, 0.4) is 0 Å². The summed E-state index contributed by atoms with van der Waals surface area (Å²) in [4.78, 5) is 11.4. The van der Waals surface area contributed by atoms with Crippen molar-refractivity contribution < 1.29 is 19.0 Å². The van der Waals surface area contributed by atoms with Crippen molar-refractivity contribution in [2.45, 2.75) is 25.2 Å². The molecule has 1 aliphatic heterocycles. The molecule has 0 unspecified atom stereocenters. The van der Waals surface area contributed by atoms with Gasteiger partial charge < -0.3 is 14.2 Å². The Balaban J connectivity index is 1.89. The van der Waals surface area contributed by atoms with Crippen molar-refractivity contribution in [1.29, 1.82) is 0 Å². The van der Waals surface area contributed by atoms with Gasteiger partial charge in [-0.2, -0.15) is 0 Å². The van der Waals surface area contributed by atoms with Gasteiger partial charge in [0.1, 0.15) is 18.0 Å². The molecule has 0 N–H and O–H groups in total. The van der Waals surface area contributed by atoms with Crippen molar-refractivity contribution in [2.24, 2.45) is 0 Å². The number of carbonyl (C=O) groups is 1. The molecule has 24 heavy (non-hydrogen) atoms. The van der Waals surface area contributed by atoms with E-state index in [2.05, 4.69) is 0 Å². The van der Waals surface area contributed by atoms with Gasteiger partial charge in [-0.1, -0.05) is 48.5 Å². The van der Waals surface area contributed by atoms with E-state index in [9.17, 15) is 4.79 Å². The summed E-state index contributed by atoms with van der Waals surface area (Å²) in [6, 6.07) is 17.6.